The van der Waals surface area contributed by atoms with Gasteiger partial charge in [0.25, 0.3) is 0 Å². The fourth-order valence-electron chi connectivity index (χ4n) is 2.75. The van der Waals surface area contributed by atoms with Crippen LogP contribution in [0.3, 0.4) is 0 Å². The first kappa shape index (κ1) is 8.68. The Morgan fingerprint density at radius 2 is 2.00 bits per heavy atom. The lowest BCUT2D eigenvalue weighted by Gasteiger charge is -2.18. The molecule has 0 spiro atoms. The number of rotatable bonds is 1. The molecular weight excluding hydrogens is 182 g/mol. The zero-order valence-electron chi connectivity index (χ0n) is 8.06. The van der Waals surface area contributed by atoms with Crippen molar-refractivity contribution in [3.8, 4) is 0 Å². The molecule has 0 aromatic heterocycles. The van der Waals surface area contributed by atoms with Crippen LogP contribution in [0.1, 0.15) is 19.3 Å². The summed E-state index contributed by atoms with van der Waals surface area (Å²) in [7, 11) is 0. The van der Waals surface area contributed by atoms with Gasteiger partial charge in [0, 0.05) is 5.92 Å². The van der Waals surface area contributed by atoms with Crippen molar-refractivity contribution < 1.29 is 14.7 Å². The first-order chi connectivity index (χ1) is 6.74. The van der Waals surface area contributed by atoms with E-state index in [1.54, 1.807) is 0 Å². The molecule has 4 heteroatoms. The smallest absolute Gasteiger partial charge is 0.249 e. The molecular formula is C10H15NO3. The summed E-state index contributed by atoms with van der Waals surface area (Å²) < 4.78 is 0. The zero-order chi connectivity index (χ0) is 9.71. The molecule has 1 amide bonds. The van der Waals surface area contributed by atoms with Crippen LogP contribution in [-0.4, -0.2) is 35.3 Å². The molecule has 3 fully saturated rings. The van der Waals surface area contributed by atoms with Crippen LogP contribution in [0, 0.1) is 17.8 Å². The van der Waals surface area contributed by atoms with E-state index in [0.29, 0.717) is 6.54 Å². The van der Waals surface area contributed by atoms with Gasteiger partial charge in [-0.15, -0.1) is 0 Å². The van der Waals surface area contributed by atoms with Crippen molar-refractivity contribution in [3.63, 3.8) is 0 Å². The summed E-state index contributed by atoms with van der Waals surface area (Å²) in [5.41, 5.74) is 0. The van der Waals surface area contributed by atoms with Gasteiger partial charge in [-0.25, -0.2) is 5.06 Å². The molecule has 1 heterocycles. The molecule has 1 aliphatic heterocycles. The third-order valence-electron chi connectivity index (χ3n) is 3.64. The number of aliphatic hydroxyl groups excluding tert-OH is 1. The van der Waals surface area contributed by atoms with Crippen LogP contribution >= 0.6 is 0 Å². The SMILES string of the molecule is O=C(C1CC2CC2C1)N1C[C@@H](O)CO1. The van der Waals surface area contributed by atoms with Gasteiger partial charge in [0.2, 0.25) is 5.91 Å². The summed E-state index contributed by atoms with van der Waals surface area (Å²) in [6, 6.07) is 0. The number of β-amino-alcohol motifs (C(OH)–C–C–N with tert-alkyl or cyclic N) is 1. The number of nitrogens with zero attached hydrogens (tertiary/aromatic N) is 1. The number of carbonyl (C=O) groups is 1. The second-order valence-electron chi connectivity index (χ2n) is 4.77. The Balaban J connectivity index is 1.59. The fourth-order valence-corrected chi connectivity index (χ4v) is 2.75. The molecule has 2 saturated carbocycles. The fraction of sp³-hybridized carbons (Fsp3) is 0.900. The van der Waals surface area contributed by atoms with E-state index in [2.05, 4.69) is 0 Å². The van der Waals surface area contributed by atoms with Crippen LogP contribution in [0.2, 0.25) is 0 Å². The van der Waals surface area contributed by atoms with E-state index in [-0.39, 0.29) is 18.4 Å². The normalized spacial score (nSPS) is 45.4. The molecule has 78 valence electrons. The van der Waals surface area contributed by atoms with E-state index in [1.807, 2.05) is 0 Å². The first-order valence-corrected chi connectivity index (χ1v) is 5.36. The summed E-state index contributed by atoms with van der Waals surface area (Å²) in [6.45, 7) is 0.621. The number of aliphatic hydroxyl groups is 1. The maximum absolute atomic E-state index is 11.8. The topological polar surface area (TPSA) is 49.8 Å². The lowest BCUT2D eigenvalue weighted by atomic mass is 10.0. The van der Waals surface area contributed by atoms with Crippen LogP contribution in [-0.2, 0) is 9.63 Å². The monoisotopic (exact) mass is 197 g/mol. The van der Waals surface area contributed by atoms with Crippen molar-refractivity contribution in [2.75, 3.05) is 13.2 Å². The highest BCUT2D eigenvalue weighted by molar-refractivity contribution is 5.78. The number of hydrogen-bond acceptors (Lipinski definition) is 3. The largest absolute Gasteiger partial charge is 0.389 e. The highest BCUT2D eigenvalue weighted by atomic mass is 16.7. The number of amides is 1. The molecule has 0 radical (unpaired) electrons. The van der Waals surface area contributed by atoms with Crippen LogP contribution in [0.4, 0.5) is 0 Å². The van der Waals surface area contributed by atoms with E-state index < -0.39 is 6.10 Å². The summed E-state index contributed by atoms with van der Waals surface area (Å²) in [5, 5.41) is 10.6. The Morgan fingerprint density at radius 3 is 2.57 bits per heavy atom. The Morgan fingerprint density at radius 1 is 1.29 bits per heavy atom. The molecule has 3 atom stereocenters. The Bertz CT molecular complexity index is 249. The number of fused-ring (bicyclic) bond motifs is 1. The van der Waals surface area contributed by atoms with Crippen molar-refractivity contribution in [2.45, 2.75) is 25.4 Å². The first-order valence-electron chi connectivity index (χ1n) is 5.36. The maximum Gasteiger partial charge on any atom is 0.249 e. The van der Waals surface area contributed by atoms with E-state index in [0.717, 1.165) is 24.7 Å². The van der Waals surface area contributed by atoms with Crippen molar-refractivity contribution in [3.05, 3.63) is 0 Å². The summed E-state index contributed by atoms with van der Waals surface area (Å²) in [6.07, 6.45) is 2.92. The molecule has 0 aromatic carbocycles. The van der Waals surface area contributed by atoms with E-state index >= 15 is 0 Å². The van der Waals surface area contributed by atoms with E-state index in [1.165, 1.54) is 11.5 Å². The van der Waals surface area contributed by atoms with Gasteiger partial charge in [-0.3, -0.25) is 9.63 Å². The minimum Gasteiger partial charge on any atom is -0.389 e. The minimum atomic E-state index is -0.491. The quantitative estimate of drug-likeness (QED) is 0.651. The second kappa shape index (κ2) is 2.94. The Labute approximate surface area is 82.8 Å². The lowest BCUT2D eigenvalue weighted by molar-refractivity contribution is -0.173. The summed E-state index contributed by atoms with van der Waals surface area (Å²) in [5.74, 6) is 1.89. The van der Waals surface area contributed by atoms with Gasteiger partial charge in [-0.2, -0.15) is 0 Å². The van der Waals surface area contributed by atoms with Gasteiger partial charge < -0.3 is 5.11 Å². The molecule has 3 aliphatic rings. The van der Waals surface area contributed by atoms with Gasteiger partial charge in [0.15, 0.2) is 0 Å². The molecule has 0 aromatic rings. The summed E-state index contributed by atoms with van der Waals surface area (Å²) >= 11 is 0. The van der Waals surface area contributed by atoms with Crippen molar-refractivity contribution in [2.24, 2.45) is 17.8 Å². The Kier molecular flexibility index (Phi) is 1.82. The molecule has 1 saturated heterocycles. The average Bonchev–Trinajstić information content (AvgIpc) is 2.64. The predicted molar refractivity (Wildman–Crippen MR) is 48.0 cm³/mol. The van der Waals surface area contributed by atoms with Gasteiger partial charge in [0.1, 0.15) is 6.61 Å². The van der Waals surface area contributed by atoms with Crippen LogP contribution in [0.5, 0.6) is 0 Å². The zero-order valence-corrected chi connectivity index (χ0v) is 8.06. The highest BCUT2D eigenvalue weighted by Gasteiger charge is 2.49. The Hall–Kier alpha value is -0.610. The average molecular weight is 197 g/mol. The minimum absolute atomic E-state index is 0.0914. The number of hydrogen-bond donors (Lipinski definition) is 1. The molecule has 2 aliphatic carbocycles. The van der Waals surface area contributed by atoms with Gasteiger partial charge >= 0.3 is 0 Å². The third kappa shape index (κ3) is 1.33. The van der Waals surface area contributed by atoms with E-state index in [4.69, 9.17) is 4.84 Å². The molecule has 3 rings (SSSR count). The van der Waals surface area contributed by atoms with Crippen LogP contribution in [0.15, 0.2) is 0 Å². The molecule has 14 heavy (non-hydrogen) atoms. The molecule has 1 N–H and O–H groups in total. The van der Waals surface area contributed by atoms with Gasteiger partial charge in [0.05, 0.1) is 12.6 Å². The lowest BCUT2D eigenvalue weighted by Crippen LogP contribution is -2.33. The van der Waals surface area contributed by atoms with Crippen molar-refractivity contribution >= 4 is 5.91 Å². The standard InChI is InChI=1S/C10H15NO3/c12-9-4-11(14-5-9)10(13)8-2-6-1-7(6)3-8/h6-9,12H,1-5H2/t6?,7?,8?,9-/m1/s1. The maximum atomic E-state index is 11.8. The van der Waals surface area contributed by atoms with Gasteiger partial charge in [-0.1, -0.05) is 0 Å². The second-order valence-corrected chi connectivity index (χ2v) is 4.77. The van der Waals surface area contributed by atoms with Crippen LogP contribution < -0.4 is 0 Å². The number of carbonyl (C=O) groups excluding carboxylic acids is 1. The number of hydroxylamine groups is 2. The summed E-state index contributed by atoms with van der Waals surface area (Å²) in [4.78, 5) is 17.0. The van der Waals surface area contributed by atoms with E-state index in [9.17, 15) is 9.90 Å². The molecule has 4 nitrogen and oxygen atoms in total. The molecule has 0 bridgehead atoms. The third-order valence-corrected chi connectivity index (χ3v) is 3.64. The predicted octanol–water partition coefficient (Wildman–Crippen LogP) is 0.167. The van der Waals surface area contributed by atoms with Crippen molar-refractivity contribution in [1.29, 1.82) is 0 Å². The highest BCUT2D eigenvalue weighted by Crippen LogP contribution is 2.54. The van der Waals surface area contributed by atoms with Gasteiger partial charge in [-0.05, 0) is 31.1 Å². The van der Waals surface area contributed by atoms with Crippen LogP contribution in [0.25, 0.3) is 0 Å². The molecule has 2 unspecified atom stereocenters. The van der Waals surface area contributed by atoms with Crippen molar-refractivity contribution in [1.82, 2.24) is 5.06 Å².